The summed E-state index contributed by atoms with van der Waals surface area (Å²) in [7, 11) is -4.40. The van der Waals surface area contributed by atoms with Crippen molar-refractivity contribution in [2.75, 3.05) is 18.4 Å². The Bertz CT molecular complexity index is 1260. The summed E-state index contributed by atoms with van der Waals surface area (Å²) in [5.41, 5.74) is 1.26. The number of hydrogen-bond donors (Lipinski definition) is 1. The number of amides is 3. The van der Waals surface area contributed by atoms with Crippen molar-refractivity contribution in [3.63, 3.8) is 0 Å². The minimum Gasteiger partial charge on any atom is -0.333 e. The van der Waals surface area contributed by atoms with Crippen molar-refractivity contribution < 1.29 is 26.8 Å². The van der Waals surface area contributed by atoms with Crippen molar-refractivity contribution in [3.8, 4) is 0 Å². The van der Waals surface area contributed by atoms with E-state index in [2.05, 4.69) is 10.3 Å². The molecular formula is C20H16F2N4O4S. The highest BCUT2D eigenvalue weighted by atomic mass is 32.2. The van der Waals surface area contributed by atoms with Crippen molar-refractivity contribution in [1.29, 1.82) is 0 Å². The van der Waals surface area contributed by atoms with E-state index in [0.29, 0.717) is 22.8 Å². The Morgan fingerprint density at radius 1 is 1.19 bits per heavy atom. The minimum atomic E-state index is -4.40. The summed E-state index contributed by atoms with van der Waals surface area (Å²) < 4.78 is 53.3. The molecule has 0 radical (unpaired) electrons. The van der Waals surface area contributed by atoms with E-state index in [1.807, 2.05) is 6.08 Å². The van der Waals surface area contributed by atoms with Crippen LogP contribution in [0.15, 0.2) is 47.6 Å². The van der Waals surface area contributed by atoms with Gasteiger partial charge in [0, 0.05) is 18.3 Å². The van der Waals surface area contributed by atoms with E-state index in [4.69, 9.17) is 0 Å². The number of rotatable bonds is 3. The maximum atomic E-state index is 13.6. The zero-order valence-electron chi connectivity index (χ0n) is 16.0. The Hall–Kier alpha value is -3.34. The number of nitrogens with zero attached hydrogens (tertiary/aromatic N) is 3. The fourth-order valence-electron chi connectivity index (χ4n) is 4.37. The van der Waals surface area contributed by atoms with Crippen LogP contribution in [0, 0.1) is 17.6 Å². The number of anilines is 1. The molecule has 3 heterocycles. The molecule has 1 N–H and O–H groups in total. The molecule has 1 aromatic heterocycles. The Morgan fingerprint density at radius 3 is 2.74 bits per heavy atom. The smallest absolute Gasteiger partial charge is 0.333 e. The Morgan fingerprint density at radius 2 is 2.00 bits per heavy atom. The van der Waals surface area contributed by atoms with Gasteiger partial charge in [-0.3, -0.25) is 9.78 Å². The van der Waals surface area contributed by atoms with Crippen LogP contribution in [0.2, 0.25) is 0 Å². The Kier molecular flexibility index (Phi) is 4.33. The van der Waals surface area contributed by atoms with Crippen LogP contribution in [0.1, 0.15) is 12.0 Å². The summed E-state index contributed by atoms with van der Waals surface area (Å²) in [5, 5.41) is 2.37. The molecule has 5 rings (SSSR count). The number of hydrogen-bond acceptors (Lipinski definition) is 5. The first kappa shape index (κ1) is 19.6. The average molecular weight is 446 g/mol. The second-order valence-electron chi connectivity index (χ2n) is 7.65. The third-order valence-electron chi connectivity index (χ3n) is 5.72. The zero-order valence-corrected chi connectivity index (χ0v) is 16.8. The molecule has 1 aromatic carbocycles. The van der Waals surface area contributed by atoms with Crippen LogP contribution >= 0.6 is 0 Å². The molecule has 11 heteroatoms. The van der Waals surface area contributed by atoms with Gasteiger partial charge in [0.15, 0.2) is 0 Å². The largest absolute Gasteiger partial charge is 0.336 e. The number of carbonyl (C=O) groups excluding carboxylic acids is 2. The molecule has 0 saturated carbocycles. The minimum absolute atomic E-state index is 0.0425. The lowest BCUT2D eigenvalue weighted by molar-refractivity contribution is -0.131. The zero-order chi connectivity index (χ0) is 21.9. The first-order valence-corrected chi connectivity index (χ1v) is 10.9. The molecule has 0 spiro atoms. The van der Waals surface area contributed by atoms with Crippen molar-refractivity contribution in [2.45, 2.75) is 17.4 Å². The molecular weight excluding hydrogens is 430 g/mol. The molecule has 2 atom stereocenters. The number of carbonyl (C=O) groups is 2. The van der Waals surface area contributed by atoms with Crippen LogP contribution in [0.4, 0.5) is 19.3 Å². The molecule has 0 unspecified atom stereocenters. The van der Waals surface area contributed by atoms with E-state index in [9.17, 15) is 26.8 Å². The molecule has 31 heavy (non-hydrogen) atoms. The highest BCUT2D eigenvalue weighted by molar-refractivity contribution is 7.90. The molecule has 2 aromatic rings. The Labute approximate surface area is 176 Å². The third kappa shape index (κ3) is 3.16. The number of sulfonamides is 1. The number of nitrogens with one attached hydrogen (secondary N) is 1. The summed E-state index contributed by atoms with van der Waals surface area (Å²) >= 11 is 0. The first-order chi connectivity index (χ1) is 14.7. The molecule has 160 valence electrons. The molecule has 2 bridgehead atoms. The van der Waals surface area contributed by atoms with Crippen molar-refractivity contribution in [3.05, 3.63) is 59.9 Å². The predicted octanol–water partition coefficient (Wildman–Crippen LogP) is 2.21. The average Bonchev–Trinajstić information content (AvgIpc) is 3.33. The van der Waals surface area contributed by atoms with Gasteiger partial charge in [-0.05, 0) is 42.2 Å². The number of halogens is 2. The quantitative estimate of drug-likeness (QED) is 0.779. The lowest BCUT2D eigenvalue weighted by atomic mass is 10.0. The first-order valence-electron chi connectivity index (χ1n) is 9.49. The fourth-order valence-corrected chi connectivity index (χ4v) is 5.81. The summed E-state index contributed by atoms with van der Waals surface area (Å²) in [4.78, 5) is 30.3. The van der Waals surface area contributed by atoms with Crippen molar-refractivity contribution >= 4 is 33.2 Å². The van der Waals surface area contributed by atoms with Gasteiger partial charge in [0.1, 0.15) is 23.1 Å². The third-order valence-corrected chi connectivity index (χ3v) is 7.49. The topological polar surface area (TPSA) is 99.7 Å². The van der Waals surface area contributed by atoms with Gasteiger partial charge in [0.05, 0.1) is 17.9 Å². The van der Waals surface area contributed by atoms with E-state index in [1.165, 1.54) is 17.2 Å². The monoisotopic (exact) mass is 446 g/mol. The highest BCUT2D eigenvalue weighted by Gasteiger charge is 2.45. The number of pyridine rings is 1. The molecule has 3 aliphatic rings. The van der Waals surface area contributed by atoms with E-state index < -0.39 is 45.0 Å². The van der Waals surface area contributed by atoms with Gasteiger partial charge >= 0.3 is 6.03 Å². The molecule has 1 saturated heterocycles. The van der Waals surface area contributed by atoms with Gasteiger partial charge in [0.25, 0.3) is 10.0 Å². The van der Waals surface area contributed by atoms with Gasteiger partial charge < -0.3 is 10.2 Å². The number of likely N-dealkylation sites (tertiary alicyclic amines) is 1. The summed E-state index contributed by atoms with van der Waals surface area (Å²) in [6.07, 6.45) is 5.19. The Balaban J connectivity index is 1.40. The molecule has 2 aliphatic heterocycles. The number of urea groups is 1. The predicted molar refractivity (Wildman–Crippen MR) is 105 cm³/mol. The standard InChI is InChI=1S/C20H16F2N4O4S/c21-13-1-2-16-18(6-13)31(29,30)26(20(28)24-16)10-19(27)25-9-11-3-15(17(25)4-11)12-5-14(22)8-23-7-12/h1-3,5-8,11,17H,4,9-10H2,(H,24,28)/t11-,17-/m0/s1. The second kappa shape index (κ2) is 6.84. The number of aromatic nitrogens is 1. The highest BCUT2D eigenvalue weighted by Crippen LogP contribution is 2.42. The van der Waals surface area contributed by atoms with E-state index in [0.717, 1.165) is 30.0 Å². The normalized spacial score (nSPS) is 23.4. The maximum absolute atomic E-state index is 13.6. The molecule has 1 aliphatic carbocycles. The van der Waals surface area contributed by atoms with Crippen molar-refractivity contribution in [1.82, 2.24) is 14.2 Å². The second-order valence-corrected chi connectivity index (χ2v) is 9.48. The van der Waals surface area contributed by atoms with Gasteiger partial charge in [-0.1, -0.05) is 6.08 Å². The number of benzene rings is 1. The van der Waals surface area contributed by atoms with Crippen LogP contribution in [-0.2, 0) is 14.8 Å². The van der Waals surface area contributed by atoms with E-state index in [-0.39, 0.29) is 17.6 Å². The SMILES string of the molecule is O=C(CN1C(=O)Nc2ccc(F)cc2S1(=O)=O)N1C[C@H]2C=C(c3cncc(F)c3)[C@@H]1C2. The fraction of sp³-hybridized carbons (Fsp3) is 0.250. The van der Waals surface area contributed by atoms with E-state index in [1.54, 1.807) is 0 Å². The van der Waals surface area contributed by atoms with Gasteiger partial charge in [-0.15, -0.1) is 0 Å². The van der Waals surface area contributed by atoms with Gasteiger partial charge in [0.2, 0.25) is 5.91 Å². The maximum Gasteiger partial charge on any atom is 0.336 e. The van der Waals surface area contributed by atoms with Crippen LogP contribution in [0.5, 0.6) is 0 Å². The van der Waals surface area contributed by atoms with Crippen LogP contribution in [-0.4, -0.2) is 53.7 Å². The molecule has 3 amide bonds. The van der Waals surface area contributed by atoms with E-state index >= 15 is 0 Å². The number of fused-ring (bicyclic) bond motifs is 3. The van der Waals surface area contributed by atoms with Gasteiger partial charge in [-0.2, -0.15) is 0 Å². The molecule has 8 nitrogen and oxygen atoms in total. The summed E-state index contributed by atoms with van der Waals surface area (Å²) in [5.74, 6) is -1.80. The van der Waals surface area contributed by atoms with Crippen LogP contribution in [0.25, 0.3) is 5.57 Å². The summed E-state index contributed by atoms with van der Waals surface area (Å²) in [6, 6.07) is 2.98. The van der Waals surface area contributed by atoms with Gasteiger partial charge in [-0.25, -0.2) is 26.3 Å². The molecule has 1 fully saturated rings. The van der Waals surface area contributed by atoms with Crippen LogP contribution < -0.4 is 5.32 Å². The van der Waals surface area contributed by atoms with Crippen molar-refractivity contribution in [2.24, 2.45) is 5.92 Å². The lowest BCUT2D eigenvalue weighted by Crippen LogP contribution is -2.50. The lowest BCUT2D eigenvalue weighted by Gasteiger charge is -2.32. The summed E-state index contributed by atoms with van der Waals surface area (Å²) in [6.45, 7) is -0.349. The van der Waals surface area contributed by atoms with Crippen LogP contribution in [0.3, 0.4) is 0 Å².